The first-order valence-electron chi connectivity index (χ1n) is 7.49. The third kappa shape index (κ3) is 6.09. The number of esters is 1. The summed E-state index contributed by atoms with van der Waals surface area (Å²) < 4.78 is 42.3. The van der Waals surface area contributed by atoms with Crippen LogP contribution in [0.1, 0.15) is 36.2 Å². The molecule has 0 bridgehead atoms. The summed E-state index contributed by atoms with van der Waals surface area (Å²) in [5, 5.41) is 2.34. The molecule has 0 aliphatic rings. The van der Waals surface area contributed by atoms with E-state index in [0.29, 0.717) is 0 Å². The number of carbonyl (C=O) groups is 3. The number of benzene rings is 1. The quantitative estimate of drug-likeness (QED) is 0.725. The van der Waals surface area contributed by atoms with Crippen molar-refractivity contribution in [3.63, 3.8) is 0 Å². The van der Waals surface area contributed by atoms with Crippen molar-refractivity contribution in [2.75, 3.05) is 6.61 Å². The van der Waals surface area contributed by atoms with Gasteiger partial charge in [0.1, 0.15) is 6.04 Å². The molecule has 0 saturated heterocycles. The molecular weight excluding hydrogens is 341 g/mol. The average molecular weight is 360 g/mol. The number of rotatable bonds is 7. The molecule has 1 aromatic carbocycles. The molecule has 0 spiro atoms. The molecule has 0 radical (unpaired) electrons. The lowest BCUT2D eigenvalue weighted by atomic mass is 9.97. The van der Waals surface area contributed by atoms with Crippen LogP contribution in [0.5, 0.6) is 0 Å². The minimum atomic E-state index is -4.51. The lowest BCUT2D eigenvalue weighted by Crippen LogP contribution is -2.49. The van der Waals surface area contributed by atoms with Crippen LogP contribution in [0.25, 0.3) is 0 Å². The monoisotopic (exact) mass is 360 g/mol. The van der Waals surface area contributed by atoms with Crippen LogP contribution in [0, 0.1) is 5.92 Å². The zero-order valence-electron chi connectivity index (χ0n) is 13.7. The molecule has 0 aliphatic carbocycles. The summed E-state index contributed by atoms with van der Waals surface area (Å²) in [7, 11) is 0. The van der Waals surface area contributed by atoms with Gasteiger partial charge in [-0.1, -0.05) is 6.92 Å². The van der Waals surface area contributed by atoms with Gasteiger partial charge in [0, 0.05) is 5.56 Å². The van der Waals surface area contributed by atoms with Gasteiger partial charge in [0.25, 0.3) is 5.91 Å². The van der Waals surface area contributed by atoms with E-state index in [4.69, 9.17) is 10.5 Å². The van der Waals surface area contributed by atoms with Gasteiger partial charge in [-0.25, -0.2) is 0 Å². The maximum absolute atomic E-state index is 12.5. The maximum atomic E-state index is 12.5. The molecule has 25 heavy (non-hydrogen) atoms. The number of alkyl halides is 3. The Labute approximate surface area is 142 Å². The highest BCUT2D eigenvalue weighted by Crippen LogP contribution is 2.29. The molecule has 0 heterocycles. The van der Waals surface area contributed by atoms with Gasteiger partial charge in [-0.2, -0.15) is 13.2 Å². The summed E-state index contributed by atoms with van der Waals surface area (Å²) in [6.07, 6.45) is -4.66. The van der Waals surface area contributed by atoms with Crippen LogP contribution in [0.4, 0.5) is 13.2 Å². The number of primary amides is 1. The van der Waals surface area contributed by atoms with Crippen molar-refractivity contribution >= 4 is 17.8 Å². The molecule has 2 amide bonds. The Morgan fingerprint density at radius 1 is 1.20 bits per heavy atom. The van der Waals surface area contributed by atoms with Gasteiger partial charge in [-0.15, -0.1) is 0 Å². The highest BCUT2D eigenvalue weighted by Gasteiger charge is 2.31. The molecule has 1 aromatic rings. The van der Waals surface area contributed by atoms with Gasteiger partial charge in [0.05, 0.1) is 18.6 Å². The molecule has 0 fully saturated rings. The van der Waals surface area contributed by atoms with E-state index in [-0.39, 0.29) is 18.6 Å². The SMILES string of the molecule is CCOC(=O)C[C@@H](C)[C@@H](NC(=O)c1ccc(C(F)(F)F)cc1)C(N)=O. The van der Waals surface area contributed by atoms with E-state index in [1.807, 2.05) is 0 Å². The van der Waals surface area contributed by atoms with Gasteiger partial charge in [0.2, 0.25) is 5.91 Å². The molecule has 1 rings (SSSR count). The first-order valence-corrected chi connectivity index (χ1v) is 7.49. The fraction of sp³-hybridized carbons (Fsp3) is 0.438. The minimum absolute atomic E-state index is 0.0671. The Morgan fingerprint density at radius 3 is 2.20 bits per heavy atom. The van der Waals surface area contributed by atoms with Crippen LogP contribution in [-0.2, 0) is 20.5 Å². The van der Waals surface area contributed by atoms with Crippen molar-refractivity contribution in [2.24, 2.45) is 11.7 Å². The van der Waals surface area contributed by atoms with E-state index in [9.17, 15) is 27.6 Å². The Balaban J connectivity index is 2.82. The van der Waals surface area contributed by atoms with E-state index >= 15 is 0 Å². The highest BCUT2D eigenvalue weighted by atomic mass is 19.4. The van der Waals surface area contributed by atoms with Crippen LogP contribution in [0.15, 0.2) is 24.3 Å². The first kappa shape index (κ1) is 20.5. The van der Waals surface area contributed by atoms with E-state index in [0.717, 1.165) is 24.3 Å². The van der Waals surface area contributed by atoms with Gasteiger partial charge < -0.3 is 15.8 Å². The predicted octanol–water partition coefficient (Wildman–Crippen LogP) is 1.88. The Kier molecular flexibility index (Phi) is 6.96. The molecule has 138 valence electrons. The molecule has 9 heteroatoms. The second kappa shape index (κ2) is 8.50. The molecule has 0 unspecified atom stereocenters. The maximum Gasteiger partial charge on any atom is 0.416 e. The molecule has 6 nitrogen and oxygen atoms in total. The van der Waals surface area contributed by atoms with Gasteiger partial charge in [-0.3, -0.25) is 14.4 Å². The third-order valence-corrected chi connectivity index (χ3v) is 3.43. The highest BCUT2D eigenvalue weighted by molar-refractivity contribution is 5.97. The number of nitrogens with one attached hydrogen (secondary N) is 1. The molecule has 2 atom stereocenters. The molecule has 0 aliphatic heterocycles. The Morgan fingerprint density at radius 2 is 1.76 bits per heavy atom. The van der Waals surface area contributed by atoms with Crippen LogP contribution >= 0.6 is 0 Å². The summed E-state index contributed by atoms with van der Waals surface area (Å²) in [5.41, 5.74) is 4.28. The minimum Gasteiger partial charge on any atom is -0.466 e. The predicted molar refractivity (Wildman–Crippen MR) is 82.3 cm³/mol. The van der Waals surface area contributed by atoms with Crippen molar-refractivity contribution in [3.8, 4) is 0 Å². The standard InChI is InChI=1S/C16H19F3N2O4/c1-3-25-12(22)8-9(2)13(14(20)23)21-15(24)10-4-6-11(7-5-10)16(17,18)19/h4-7,9,13H,3,8H2,1-2H3,(H2,20,23)(H,21,24)/t9-,13-/m1/s1. The van der Waals surface area contributed by atoms with Gasteiger partial charge in [0.15, 0.2) is 0 Å². The number of hydrogen-bond donors (Lipinski definition) is 2. The topological polar surface area (TPSA) is 98.5 Å². The van der Waals surface area contributed by atoms with Crippen molar-refractivity contribution in [1.29, 1.82) is 0 Å². The van der Waals surface area contributed by atoms with Crippen LogP contribution in [-0.4, -0.2) is 30.4 Å². The number of hydrogen-bond acceptors (Lipinski definition) is 4. The second-order valence-electron chi connectivity index (χ2n) is 5.42. The fourth-order valence-electron chi connectivity index (χ4n) is 2.13. The van der Waals surface area contributed by atoms with Gasteiger partial charge in [-0.05, 0) is 37.1 Å². The summed E-state index contributed by atoms with van der Waals surface area (Å²) in [6.45, 7) is 3.32. The summed E-state index contributed by atoms with van der Waals surface area (Å²) in [5.74, 6) is -2.83. The first-order chi connectivity index (χ1) is 11.6. The van der Waals surface area contributed by atoms with Crippen molar-refractivity contribution < 1.29 is 32.3 Å². The van der Waals surface area contributed by atoms with Crippen molar-refractivity contribution in [3.05, 3.63) is 35.4 Å². The summed E-state index contributed by atoms with van der Waals surface area (Å²) in [6, 6.07) is 2.34. The Bertz CT molecular complexity index is 629. The molecule has 3 N–H and O–H groups in total. The third-order valence-electron chi connectivity index (χ3n) is 3.43. The zero-order chi connectivity index (χ0) is 19.2. The zero-order valence-corrected chi connectivity index (χ0v) is 13.7. The molecule has 0 saturated carbocycles. The van der Waals surface area contributed by atoms with Crippen LogP contribution in [0.2, 0.25) is 0 Å². The molecule has 0 aromatic heterocycles. The van der Waals surface area contributed by atoms with Gasteiger partial charge >= 0.3 is 12.1 Å². The van der Waals surface area contributed by atoms with E-state index in [1.165, 1.54) is 6.92 Å². The van der Waals surface area contributed by atoms with Crippen LogP contribution < -0.4 is 11.1 Å². The van der Waals surface area contributed by atoms with E-state index < -0.39 is 41.5 Å². The number of carbonyl (C=O) groups excluding carboxylic acids is 3. The number of nitrogens with two attached hydrogens (primary N) is 1. The smallest absolute Gasteiger partial charge is 0.416 e. The fourth-order valence-corrected chi connectivity index (χ4v) is 2.13. The lowest BCUT2D eigenvalue weighted by molar-refractivity contribution is -0.144. The largest absolute Gasteiger partial charge is 0.466 e. The average Bonchev–Trinajstić information content (AvgIpc) is 2.51. The van der Waals surface area contributed by atoms with E-state index in [2.05, 4.69) is 5.32 Å². The summed E-state index contributed by atoms with van der Waals surface area (Å²) >= 11 is 0. The number of ether oxygens (including phenoxy) is 1. The number of amides is 2. The number of halogens is 3. The molecular formula is C16H19F3N2O4. The Hall–Kier alpha value is -2.58. The van der Waals surface area contributed by atoms with E-state index in [1.54, 1.807) is 6.92 Å². The van der Waals surface area contributed by atoms with Crippen LogP contribution in [0.3, 0.4) is 0 Å². The van der Waals surface area contributed by atoms with Crippen molar-refractivity contribution in [1.82, 2.24) is 5.32 Å². The second-order valence-corrected chi connectivity index (χ2v) is 5.42. The lowest BCUT2D eigenvalue weighted by Gasteiger charge is -2.21. The summed E-state index contributed by atoms with van der Waals surface area (Å²) in [4.78, 5) is 35.1. The van der Waals surface area contributed by atoms with Crippen molar-refractivity contribution in [2.45, 2.75) is 32.5 Å². The normalized spacial score (nSPS) is 13.6.